The van der Waals surface area contributed by atoms with Crippen molar-refractivity contribution in [2.24, 2.45) is 11.8 Å². The average molecular weight is 624 g/mol. The van der Waals surface area contributed by atoms with Crippen LogP contribution in [0.2, 0.25) is 18.6 Å². The third kappa shape index (κ3) is 6.68. The van der Waals surface area contributed by atoms with E-state index in [4.69, 9.17) is 14.2 Å². The number of anilines is 1. The Morgan fingerprint density at radius 2 is 1.91 bits per heavy atom. The van der Waals surface area contributed by atoms with Gasteiger partial charge >= 0.3 is 0 Å². The van der Waals surface area contributed by atoms with Crippen LogP contribution in [-0.2, 0) is 14.3 Å². The molecule has 3 aliphatic rings. The number of aliphatic hydroxyl groups is 1. The lowest BCUT2D eigenvalue weighted by Crippen LogP contribution is -2.55. The number of nitrogens with one attached hydrogen (secondary N) is 2. The van der Waals surface area contributed by atoms with E-state index in [1.54, 1.807) is 14.2 Å². The number of piperidine rings is 1. The molecule has 2 amide bonds. The van der Waals surface area contributed by atoms with E-state index in [2.05, 4.69) is 42.8 Å². The lowest BCUT2D eigenvalue weighted by atomic mass is 9.86. The largest absolute Gasteiger partial charge is 0.497 e. The van der Waals surface area contributed by atoms with Gasteiger partial charge < -0.3 is 34.9 Å². The normalized spacial score (nSPS) is 26.0. The van der Waals surface area contributed by atoms with Gasteiger partial charge in [-0.1, -0.05) is 37.3 Å². The highest BCUT2D eigenvalue weighted by Crippen LogP contribution is 2.48. The van der Waals surface area contributed by atoms with E-state index >= 15 is 0 Å². The average Bonchev–Trinajstić information content (AvgIpc) is 3.53. The fourth-order valence-electron chi connectivity index (χ4n) is 7.45. The van der Waals surface area contributed by atoms with Gasteiger partial charge in [0, 0.05) is 49.3 Å². The molecule has 6 atom stereocenters. The SMILES string of the molecule is COc1ccc([Si](C)(C)C(CC(=O)N2CCC[C@H]2CO)[C@H]2Oc3ccc(NC(=O)C4CCCNC4)cc3[C@@H](OC)[C@@H]2C)cc1. The van der Waals surface area contributed by atoms with Crippen molar-refractivity contribution in [1.82, 2.24) is 10.2 Å². The molecule has 3 N–H and O–H groups in total. The summed E-state index contributed by atoms with van der Waals surface area (Å²) in [5.41, 5.74) is 1.58. The van der Waals surface area contributed by atoms with Crippen LogP contribution in [0.25, 0.3) is 0 Å². The molecule has 2 aromatic carbocycles. The standard InChI is InChI=1S/C34H49N3O6Si/c1-22-32(42-3)28-18-24(36-34(40)23-8-6-16-35-20-23)10-15-29(28)43-33(22)30(19-31(39)37-17-7-9-25(37)21-38)44(4,5)27-13-11-26(41-2)12-14-27/h10-15,18,22-23,25,30,32-33,35,38H,6-9,16-17,19-21H2,1-5H3,(H,36,40)/t22-,23?,25-,30?,32-,33-/m0/s1. The first-order chi connectivity index (χ1) is 21.2. The molecule has 240 valence electrons. The Morgan fingerprint density at radius 3 is 2.57 bits per heavy atom. The van der Waals surface area contributed by atoms with Gasteiger partial charge in [0.15, 0.2) is 0 Å². The predicted molar refractivity (Wildman–Crippen MR) is 174 cm³/mol. The van der Waals surface area contributed by atoms with Crippen LogP contribution in [0.3, 0.4) is 0 Å². The van der Waals surface area contributed by atoms with Gasteiger partial charge in [-0.2, -0.15) is 0 Å². The van der Waals surface area contributed by atoms with Crippen LogP contribution in [0.1, 0.15) is 50.7 Å². The summed E-state index contributed by atoms with van der Waals surface area (Å²) in [6.45, 7) is 9.09. The second kappa shape index (κ2) is 14.0. The second-order valence-electron chi connectivity index (χ2n) is 13.2. The zero-order valence-corrected chi connectivity index (χ0v) is 27.8. The summed E-state index contributed by atoms with van der Waals surface area (Å²) in [5.74, 6) is 1.53. The quantitative estimate of drug-likeness (QED) is 0.343. The van der Waals surface area contributed by atoms with Crippen LogP contribution in [0.4, 0.5) is 5.69 Å². The van der Waals surface area contributed by atoms with Gasteiger partial charge in [0.25, 0.3) is 0 Å². The van der Waals surface area contributed by atoms with Crippen LogP contribution >= 0.6 is 0 Å². The summed E-state index contributed by atoms with van der Waals surface area (Å²) in [6, 6.07) is 13.9. The maximum absolute atomic E-state index is 13.9. The number of hydrogen-bond acceptors (Lipinski definition) is 7. The molecule has 0 radical (unpaired) electrons. The third-order valence-corrected chi connectivity index (χ3v) is 14.4. The van der Waals surface area contributed by atoms with E-state index in [9.17, 15) is 14.7 Å². The van der Waals surface area contributed by atoms with Crippen molar-refractivity contribution in [3.05, 3.63) is 48.0 Å². The highest BCUT2D eigenvalue weighted by molar-refractivity contribution is 6.91. The number of nitrogens with zero attached hydrogens (tertiary/aromatic N) is 1. The molecule has 3 aliphatic heterocycles. The van der Waals surface area contributed by atoms with Crippen molar-refractivity contribution in [2.75, 3.05) is 45.8 Å². The van der Waals surface area contributed by atoms with Gasteiger partial charge in [0.05, 0.1) is 39.9 Å². The number of aliphatic hydroxyl groups excluding tert-OH is 1. The van der Waals surface area contributed by atoms with E-state index in [-0.39, 0.29) is 54.0 Å². The highest BCUT2D eigenvalue weighted by Gasteiger charge is 2.49. The minimum atomic E-state index is -2.34. The monoisotopic (exact) mass is 623 g/mol. The smallest absolute Gasteiger partial charge is 0.228 e. The number of fused-ring (bicyclic) bond motifs is 1. The minimum Gasteiger partial charge on any atom is -0.497 e. The van der Waals surface area contributed by atoms with Crippen molar-refractivity contribution < 1.29 is 28.9 Å². The first kappa shape index (κ1) is 32.5. The number of carbonyl (C=O) groups is 2. The maximum atomic E-state index is 13.9. The van der Waals surface area contributed by atoms with Crippen LogP contribution < -0.4 is 25.3 Å². The number of benzene rings is 2. The zero-order chi connectivity index (χ0) is 31.4. The van der Waals surface area contributed by atoms with Gasteiger partial charge in [-0.3, -0.25) is 9.59 Å². The van der Waals surface area contributed by atoms with E-state index in [1.807, 2.05) is 35.2 Å². The Bertz CT molecular complexity index is 1300. The maximum Gasteiger partial charge on any atom is 0.228 e. The first-order valence-corrected chi connectivity index (χ1v) is 19.2. The Kier molecular flexibility index (Phi) is 10.3. The summed E-state index contributed by atoms with van der Waals surface area (Å²) in [4.78, 5) is 28.8. The fourth-order valence-corrected chi connectivity index (χ4v) is 10.8. The number of carbonyl (C=O) groups excluding carboxylic acids is 2. The molecule has 10 heteroatoms. The number of rotatable bonds is 10. The highest BCUT2D eigenvalue weighted by atomic mass is 28.3. The molecule has 5 rings (SSSR count). The number of hydrogen-bond donors (Lipinski definition) is 3. The van der Waals surface area contributed by atoms with Gasteiger partial charge in [-0.25, -0.2) is 0 Å². The Balaban J connectivity index is 1.45. The second-order valence-corrected chi connectivity index (χ2v) is 18.0. The number of amides is 2. The Morgan fingerprint density at radius 1 is 1.14 bits per heavy atom. The molecule has 0 spiro atoms. The number of ether oxygens (including phenoxy) is 3. The molecular weight excluding hydrogens is 574 g/mol. The summed E-state index contributed by atoms with van der Waals surface area (Å²) in [7, 11) is 1.04. The van der Waals surface area contributed by atoms with Crippen LogP contribution in [0, 0.1) is 11.8 Å². The summed E-state index contributed by atoms with van der Waals surface area (Å²) >= 11 is 0. The van der Waals surface area contributed by atoms with E-state index < -0.39 is 8.07 Å². The number of likely N-dealkylation sites (tertiary alicyclic amines) is 1. The zero-order valence-electron chi connectivity index (χ0n) is 26.8. The molecule has 44 heavy (non-hydrogen) atoms. The predicted octanol–water partition coefficient (Wildman–Crippen LogP) is 4.08. The fraction of sp³-hybridized carbons (Fsp3) is 0.588. The molecule has 0 saturated carbocycles. The third-order valence-electron chi connectivity index (χ3n) is 10.2. The van der Waals surface area contributed by atoms with Crippen LogP contribution in [-0.4, -0.2) is 82.5 Å². The molecule has 2 unspecified atom stereocenters. The summed E-state index contributed by atoms with van der Waals surface area (Å²) in [6.07, 6.45) is 3.42. The van der Waals surface area contributed by atoms with Crippen molar-refractivity contribution in [1.29, 1.82) is 0 Å². The summed E-state index contributed by atoms with van der Waals surface area (Å²) in [5, 5.41) is 17.6. The topological polar surface area (TPSA) is 109 Å². The van der Waals surface area contributed by atoms with Crippen molar-refractivity contribution >= 4 is 30.8 Å². The Labute approximate surface area is 262 Å². The number of methoxy groups -OCH3 is 2. The molecule has 2 saturated heterocycles. The van der Waals surface area contributed by atoms with E-state index in [0.29, 0.717) is 19.5 Å². The molecule has 3 heterocycles. The van der Waals surface area contributed by atoms with Gasteiger partial charge in [0.1, 0.15) is 17.6 Å². The molecule has 2 aromatic rings. The van der Waals surface area contributed by atoms with Crippen LogP contribution in [0.15, 0.2) is 42.5 Å². The van der Waals surface area contributed by atoms with Crippen molar-refractivity contribution in [3.63, 3.8) is 0 Å². The molecule has 0 aromatic heterocycles. The molecule has 2 fully saturated rings. The van der Waals surface area contributed by atoms with Gasteiger partial charge in [-0.05, 0) is 62.6 Å². The molecule has 0 aliphatic carbocycles. The Hall–Kier alpha value is -2.92. The van der Waals surface area contributed by atoms with E-state index in [0.717, 1.165) is 55.0 Å². The van der Waals surface area contributed by atoms with Gasteiger partial charge in [0.2, 0.25) is 11.8 Å². The minimum absolute atomic E-state index is 0.0126. The van der Waals surface area contributed by atoms with E-state index in [1.165, 1.54) is 5.19 Å². The molecular formula is C34H49N3O6Si. The lowest BCUT2D eigenvalue weighted by Gasteiger charge is -2.46. The van der Waals surface area contributed by atoms with Crippen molar-refractivity contribution in [2.45, 2.75) is 75.9 Å². The van der Waals surface area contributed by atoms with Crippen LogP contribution in [0.5, 0.6) is 11.5 Å². The first-order valence-electron chi connectivity index (χ1n) is 16.1. The van der Waals surface area contributed by atoms with Gasteiger partial charge in [-0.15, -0.1) is 0 Å². The molecule has 9 nitrogen and oxygen atoms in total. The lowest BCUT2D eigenvalue weighted by molar-refractivity contribution is -0.133. The summed E-state index contributed by atoms with van der Waals surface area (Å²) < 4.78 is 18.4. The molecule has 0 bridgehead atoms. The van der Waals surface area contributed by atoms with Crippen molar-refractivity contribution in [3.8, 4) is 11.5 Å².